The quantitative estimate of drug-likeness (QED) is 0.358. The maximum Gasteiger partial charge on any atom is 0.0367 e. The monoisotopic (exact) mass is 473 g/mol. The molecule has 23 heavy (non-hydrogen) atoms. The van der Waals surface area contributed by atoms with Crippen molar-refractivity contribution in [2.75, 3.05) is 0 Å². The van der Waals surface area contributed by atoms with E-state index < -0.39 is 0 Å². The van der Waals surface area contributed by atoms with E-state index in [1.54, 1.807) is 0 Å². The summed E-state index contributed by atoms with van der Waals surface area (Å²) in [4.78, 5) is 4.57. The minimum atomic E-state index is 0. The number of hydrogen-bond donors (Lipinski definition) is 0. The van der Waals surface area contributed by atoms with Gasteiger partial charge in [0, 0.05) is 31.8 Å². The van der Waals surface area contributed by atoms with Crippen molar-refractivity contribution in [2.24, 2.45) is 0 Å². The van der Waals surface area contributed by atoms with Crippen LogP contribution in [0.2, 0.25) is 0 Å². The summed E-state index contributed by atoms with van der Waals surface area (Å²) in [6.07, 6.45) is 1.84. The molecule has 1 nitrogen and oxygen atoms in total. The van der Waals surface area contributed by atoms with E-state index in [-0.39, 0.29) is 20.1 Å². The van der Waals surface area contributed by atoms with E-state index in [9.17, 15) is 0 Å². The molecule has 4 aromatic rings. The molecule has 0 N–H and O–H groups in total. The van der Waals surface area contributed by atoms with Crippen LogP contribution in [0.1, 0.15) is 0 Å². The first kappa shape index (κ1) is 15.6. The molecule has 1 heterocycles. The van der Waals surface area contributed by atoms with Gasteiger partial charge in [0.1, 0.15) is 0 Å². The summed E-state index contributed by atoms with van der Waals surface area (Å²) < 4.78 is 0. The van der Waals surface area contributed by atoms with Gasteiger partial charge in [0.05, 0.1) is 0 Å². The first-order chi connectivity index (χ1) is 10.9. The summed E-state index contributed by atoms with van der Waals surface area (Å²) in [5.41, 5.74) is 5.61. The van der Waals surface area contributed by atoms with Gasteiger partial charge in [-0.2, -0.15) is 0 Å². The van der Waals surface area contributed by atoms with Crippen LogP contribution in [0, 0.1) is 6.07 Å². The molecule has 1 radical (unpaired) electrons. The Hall–Kier alpha value is -2.28. The molecule has 0 bridgehead atoms. The van der Waals surface area contributed by atoms with E-state index in [4.69, 9.17) is 0 Å². The second-order valence-electron chi connectivity index (χ2n) is 5.21. The van der Waals surface area contributed by atoms with Crippen molar-refractivity contribution < 1.29 is 20.1 Å². The smallest absolute Gasteiger partial charge is 0.0367 e. The molecule has 0 amide bonds. The fourth-order valence-corrected chi connectivity index (χ4v) is 2.82. The normalized spacial score (nSPS) is 10.3. The van der Waals surface area contributed by atoms with Crippen molar-refractivity contribution in [1.82, 2.24) is 4.98 Å². The van der Waals surface area contributed by atoms with Crippen LogP contribution in [-0.2, 0) is 20.1 Å². The van der Waals surface area contributed by atoms with Gasteiger partial charge < -0.3 is 0 Å². The van der Waals surface area contributed by atoms with Crippen LogP contribution in [-0.4, -0.2) is 4.98 Å². The van der Waals surface area contributed by atoms with Crippen LogP contribution >= 0.6 is 0 Å². The third-order valence-electron chi connectivity index (χ3n) is 3.84. The van der Waals surface area contributed by atoms with E-state index >= 15 is 0 Å². The minimum Gasteiger partial charge on any atom is -0.266 e. The number of fused-ring (bicyclic) bond motifs is 1. The molecular weight excluding hydrogens is 458 g/mol. The van der Waals surface area contributed by atoms with Gasteiger partial charge >= 0.3 is 0 Å². The summed E-state index contributed by atoms with van der Waals surface area (Å²) in [6.45, 7) is 0. The van der Waals surface area contributed by atoms with Gasteiger partial charge in [-0.15, -0.1) is 35.4 Å². The van der Waals surface area contributed by atoms with Crippen molar-refractivity contribution >= 4 is 10.9 Å². The van der Waals surface area contributed by atoms with Crippen molar-refractivity contribution in [2.45, 2.75) is 0 Å². The summed E-state index contributed by atoms with van der Waals surface area (Å²) in [6, 6.07) is 30.3. The molecule has 1 aromatic heterocycles. The Balaban J connectivity index is 0.00000156. The molecule has 0 aliphatic rings. The fraction of sp³-hybridized carbons (Fsp3) is 0. The molecule has 0 aliphatic heterocycles. The van der Waals surface area contributed by atoms with E-state index in [2.05, 4.69) is 65.6 Å². The maximum absolute atomic E-state index is 4.57. The summed E-state index contributed by atoms with van der Waals surface area (Å²) in [7, 11) is 0. The molecule has 0 fully saturated rings. The van der Waals surface area contributed by atoms with Gasteiger partial charge in [-0.1, -0.05) is 65.7 Å². The van der Waals surface area contributed by atoms with Crippen LogP contribution < -0.4 is 0 Å². The average molecular weight is 473 g/mol. The second kappa shape index (κ2) is 6.87. The number of benzene rings is 3. The SMILES string of the molecule is [Ir].[c-]1cccc(-c2ccccc2)c1-c1cccc2cccnc12. The van der Waals surface area contributed by atoms with Gasteiger partial charge in [-0.3, -0.25) is 4.98 Å². The molecule has 2 heteroatoms. The molecule has 3 aromatic carbocycles. The Morgan fingerprint density at radius 1 is 0.696 bits per heavy atom. The molecule has 0 spiro atoms. The topological polar surface area (TPSA) is 12.9 Å². The number of rotatable bonds is 2. The zero-order valence-electron chi connectivity index (χ0n) is 12.4. The summed E-state index contributed by atoms with van der Waals surface area (Å²) >= 11 is 0. The fourth-order valence-electron chi connectivity index (χ4n) is 2.82. The third-order valence-corrected chi connectivity index (χ3v) is 3.84. The molecule has 4 rings (SSSR count). The van der Waals surface area contributed by atoms with E-state index in [0.717, 1.165) is 22.0 Å². The van der Waals surface area contributed by atoms with E-state index in [1.807, 2.05) is 30.5 Å². The Morgan fingerprint density at radius 3 is 2.35 bits per heavy atom. The molecule has 0 unspecified atom stereocenters. The maximum atomic E-state index is 4.57. The van der Waals surface area contributed by atoms with Gasteiger partial charge in [0.2, 0.25) is 0 Å². The van der Waals surface area contributed by atoms with Gasteiger partial charge in [0.25, 0.3) is 0 Å². The van der Waals surface area contributed by atoms with Gasteiger partial charge in [-0.05, 0) is 11.5 Å². The second-order valence-corrected chi connectivity index (χ2v) is 5.21. The third kappa shape index (κ3) is 2.96. The van der Waals surface area contributed by atoms with Crippen LogP contribution in [0.15, 0.2) is 85.1 Å². The number of pyridine rings is 1. The molecular formula is C21H14IrN-. The summed E-state index contributed by atoms with van der Waals surface area (Å²) in [5, 5.41) is 1.15. The van der Waals surface area contributed by atoms with Crippen molar-refractivity contribution in [3.63, 3.8) is 0 Å². The number of hydrogen-bond acceptors (Lipinski definition) is 1. The largest absolute Gasteiger partial charge is 0.266 e. The Morgan fingerprint density at radius 2 is 1.48 bits per heavy atom. The Labute approximate surface area is 149 Å². The summed E-state index contributed by atoms with van der Waals surface area (Å²) in [5.74, 6) is 0. The van der Waals surface area contributed by atoms with Crippen molar-refractivity contribution in [1.29, 1.82) is 0 Å². The number of nitrogens with zero attached hydrogens (tertiary/aromatic N) is 1. The molecule has 0 saturated heterocycles. The molecule has 113 valence electrons. The zero-order chi connectivity index (χ0) is 14.8. The molecule has 0 atom stereocenters. The minimum absolute atomic E-state index is 0. The first-order valence-corrected chi connectivity index (χ1v) is 7.34. The predicted molar refractivity (Wildman–Crippen MR) is 91.5 cm³/mol. The molecule has 0 aliphatic carbocycles. The van der Waals surface area contributed by atoms with Crippen LogP contribution in [0.3, 0.4) is 0 Å². The zero-order valence-corrected chi connectivity index (χ0v) is 14.8. The number of para-hydroxylation sites is 1. The standard InChI is InChI=1S/C21H14N.Ir/c1-2-8-16(9-3-1)18-12-4-5-13-19(18)20-14-6-10-17-11-7-15-22-21(17)20;/h1-12,14-15H;/q-1;. The van der Waals surface area contributed by atoms with Crippen LogP contribution in [0.25, 0.3) is 33.2 Å². The average Bonchev–Trinajstić information content (AvgIpc) is 2.62. The van der Waals surface area contributed by atoms with Gasteiger partial charge in [-0.25, -0.2) is 0 Å². The molecule has 0 saturated carbocycles. The predicted octanol–water partition coefficient (Wildman–Crippen LogP) is 5.37. The van der Waals surface area contributed by atoms with Crippen LogP contribution in [0.4, 0.5) is 0 Å². The Kier molecular flexibility index (Phi) is 4.66. The van der Waals surface area contributed by atoms with Crippen molar-refractivity contribution in [3.05, 3.63) is 91.1 Å². The van der Waals surface area contributed by atoms with Gasteiger partial charge in [0.15, 0.2) is 0 Å². The Bertz CT molecular complexity index is 927. The van der Waals surface area contributed by atoms with E-state index in [1.165, 1.54) is 11.1 Å². The number of aromatic nitrogens is 1. The van der Waals surface area contributed by atoms with Crippen LogP contribution in [0.5, 0.6) is 0 Å². The van der Waals surface area contributed by atoms with E-state index in [0.29, 0.717) is 0 Å². The first-order valence-electron chi connectivity index (χ1n) is 7.34. The van der Waals surface area contributed by atoms with Crippen molar-refractivity contribution in [3.8, 4) is 22.3 Å².